The van der Waals surface area contributed by atoms with E-state index in [1.807, 2.05) is 49.4 Å². The zero-order valence-corrected chi connectivity index (χ0v) is 17.6. The molecular formula is C23H28N2O5. The van der Waals surface area contributed by atoms with Crippen molar-refractivity contribution in [2.45, 2.75) is 38.8 Å². The van der Waals surface area contributed by atoms with Crippen molar-refractivity contribution in [3.63, 3.8) is 0 Å². The lowest BCUT2D eigenvalue weighted by Gasteiger charge is -2.30. The Bertz CT molecular complexity index is 882. The number of carbonyl (C=O) groups excluding carboxylic acids is 2. The number of hydrogen-bond acceptors (Lipinski definition) is 5. The lowest BCUT2D eigenvalue weighted by atomic mass is 10.1. The van der Waals surface area contributed by atoms with E-state index < -0.39 is 6.04 Å². The van der Waals surface area contributed by atoms with E-state index in [9.17, 15) is 9.59 Å². The van der Waals surface area contributed by atoms with Crippen molar-refractivity contribution in [2.24, 2.45) is 0 Å². The van der Waals surface area contributed by atoms with Crippen LogP contribution in [0.2, 0.25) is 0 Å². The fraction of sp³-hybridized carbons (Fsp3) is 0.391. The molecular weight excluding hydrogens is 384 g/mol. The Balaban J connectivity index is 1.73. The first-order valence-electron chi connectivity index (χ1n) is 10.1. The molecule has 2 amide bonds. The molecule has 0 saturated heterocycles. The Morgan fingerprint density at radius 1 is 1.10 bits per heavy atom. The molecule has 160 valence electrons. The van der Waals surface area contributed by atoms with Crippen LogP contribution in [-0.2, 0) is 22.6 Å². The number of fused-ring (bicyclic) bond motifs is 1. The van der Waals surface area contributed by atoms with Crippen LogP contribution in [-0.4, -0.2) is 43.7 Å². The number of rotatable bonds is 9. The van der Waals surface area contributed by atoms with E-state index in [1.54, 1.807) is 19.1 Å². The first-order valence-corrected chi connectivity index (χ1v) is 10.1. The summed E-state index contributed by atoms with van der Waals surface area (Å²) in [6.07, 6.45) is 1.38. The van der Waals surface area contributed by atoms with Gasteiger partial charge in [-0.3, -0.25) is 9.59 Å². The lowest BCUT2D eigenvalue weighted by Crippen LogP contribution is -2.48. The van der Waals surface area contributed by atoms with E-state index in [0.29, 0.717) is 31.6 Å². The van der Waals surface area contributed by atoms with Crippen LogP contribution >= 0.6 is 0 Å². The molecule has 0 aromatic heterocycles. The van der Waals surface area contributed by atoms with Gasteiger partial charge in [-0.25, -0.2) is 0 Å². The van der Waals surface area contributed by atoms with Gasteiger partial charge in [-0.1, -0.05) is 25.1 Å². The topological polar surface area (TPSA) is 77.1 Å². The summed E-state index contributed by atoms with van der Waals surface area (Å²) < 4.78 is 15.9. The highest BCUT2D eigenvalue weighted by Gasteiger charge is 2.27. The summed E-state index contributed by atoms with van der Waals surface area (Å²) in [6.45, 7) is 2.49. The number of methoxy groups -OCH3 is 1. The maximum absolute atomic E-state index is 13.2. The number of carbonyl (C=O) groups is 2. The van der Waals surface area contributed by atoms with Crippen molar-refractivity contribution in [3.05, 3.63) is 53.6 Å². The molecule has 0 spiro atoms. The molecule has 1 aliphatic rings. The highest BCUT2D eigenvalue weighted by atomic mass is 16.7. The molecule has 7 nitrogen and oxygen atoms in total. The zero-order valence-electron chi connectivity index (χ0n) is 17.6. The van der Waals surface area contributed by atoms with Crippen LogP contribution < -0.4 is 19.5 Å². The molecule has 0 radical (unpaired) electrons. The van der Waals surface area contributed by atoms with Crippen LogP contribution in [0, 0.1) is 0 Å². The largest absolute Gasteiger partial charge is 0.497 e. The fourth-order valence-electron chi connectivity index (χ4n) is 3.51. The number of aryl methyl sites for hydroxylation is 1. The highest BCUT2D eigenvalue weighted by Crippen LogP contribution is 2.32. The first kappa shape index (κ1) is 21.5. The SMILES string of the molecule is CCC(C(=O)NC)N(Cc1ccc(OC)cc1)C(=O)CCc1ccc2c(c1)OCO2. The Morgan fingerprint density at radius 3 is 2.47 bits per heavy atom. The predicted molar refractivity (Wildman–Crippen MR) is 113 cm³/mol. The van der Waals surface area contributed by atoms with Crippen molar-refractivity contribution in [2.75, 3.05) is 21.0 Å². The quantitative estimate of drug-likeness (QED) is 0.685. The van der Waals surface area contributed by atoms with E-state index in [-0.39, 0.29) is 18.6 Å². The minimum atomic E-state index is -0.527. The Labute approximate surface area is 176 Å². The normalized spacial score (nSPS) is 12.9. The van der Waals surface area contributed by atoms with Gasteiger partial charge in [0.2, 0.25) is 18.6 Å². The summed E-state index contributed by atoms with van der Waals surface area (Å²) in [4.78, 5) is 27.3. The predicted octanol–water partition coefficient (Wildman–Crippen LogP) is 2.91. The number of nitrogens with one attached hydrogen (secondary N) is 1. The molecule has 0 fully saturated rings. The molecule has 0 bridgehead atoms. The molecule has 1 unspecified atom stereocenters. The van der Waals surface area contributed by atoms with Gasteiger partial charge in [0.15, 0.2) is 11.5 Å². The molecule has 0 saturated carbocycles. The van der Waals surface area contributed by atoms with E-state index in [2.05, 4.69) is 5.32 Å². The van der Waals surface area contributed by atoms with Crippen LogP contribution in [0.1, 0.15) is 30.9 Å². The molecule has 1 heterocycles. The van der Waals surface area contributed by atoms with Crippen molar-refractivity contribution in [3.8, 4) is 17.2 Å². The van der Waals surface area contributed by atoms with Gasteiger partial charge in [0, 0.05) is 20.0 Å². The molecule has 30 heavy (non-hydrogen) atoms. The van der Waals surface area contributed by atoms with Gasteiger partial charge in [0.05, 0.1) is 7.11 Å². The van der Waals surface area contributed by atoms with Gasteiger partial charge >= 0.3 is 0 Å². The average Bonchev–Trinajstić information content (AvgIpc) is 3.25. The number of amides is 2. The molecule has 7 heteroatoms. The number of hydrogen-bond donors (Lipinski definition) is 1. The van der Waals surface area contributed by atoms with Crippen molar-refractivity contribution in [1.82, 2.24) is 10.2 Å². The monoisotopic (exact) mass is 412 g/mol. The molecule has 2 aromatic rings. The maximum atomic E-state index is 13.2. The van der Waals surface area contributed by atoms with Gasteiger partial charge in [-0.15, -0.1) is 0 Å². The number of benzene rings is 2. The second kappa shape index (κ2) is 10.0. The average molecular weight is 412 g/mol. The van der Waals surface area contributed by atoms with Crippen LogP contribution in [0.5, 0.6) is 17.2 Å². The summed E-state index contributed by atoms with van der Waals surface area (Å²) >= 11 is 0. The third-order valence-electron chi connectivity index (χ3n) is 5.21. The molecule has 1 aliphatic heterocycles. The third kappa shape index (κ3) is 5.03. The van der Waals surface area contributed by atoms with Crippen molar-refractivity contribution in [1.29, 1.82) is 0 Å². The second-order valence-electron chi connectivity index (χ2n) is 7.10. The first-order chi connectivity index (χ1) is 14.5. The van der Waals surface area contributed by atoms with E-state index in [4.69, 9.17) is 14.2 Å². The Hall–Kier alpha value is -3.22. The summed E-state index contributed by atoms with van der Waals surface area (Å²) in [7, 11) is 3.20. The molecule has 1 atom stereocenters. The van der Waals surface area contributed by atoms with Crippen molar-refractivity contribution >= 4 is 11.8 Å². The Kier molecular flexibility index (Phi) is 7.17. The Morgan fingerprint density at radius 2 is 1.80 bits per heavy atom. The van der Waals surface area contributed by atoms with Gasteiger partial charge in [0.1, 0.15) is 11.8 Å². The summed E-state index contributed by atoms with van der Waals surface area (Å²) in [5.41, 5.74) is 1.93. The van der Waals surface area contributed by atoms with E-state index in [0.717, 1.165) is 22.6 Å². The smallest absolute Gasteiger partial charge is 0.242 e. The lowest BCUT2D eigenvalue weighted by molar-refractivity contribution is -0.141. The van der Waals surface area contributed by atoms with Gasteiger partial charge in [-0.05, 0) is 48.2 Å². The minimum absolute atomic E-state index is 0.0704. The van der Waals surface area contributed by atoms with Crippen LogP contribution in [0.15, 0.2) is 42.5 Å². The number of ether oxygens (including phenoxy) is 3. The zero-order chi connectivity index (χ0) is 21.5. The van der Waals surface area contributed by atoms with Crippen molar-refractivity contribution < 1.29 is 23.8 Å². The van der Waals surface area contributed by atoms with Gasteiger partial charge in [0.25, 0.3) is 0 Å². The van der Waals surface area contributed by atoms with Crippen LogP contribution in [0.4, 0.5) is 0 Å². The molecule has 0 aliphatic carbocycles. The van der Waals surface area contributed by atoms with Gasteiger partial charge < -0.3 is 24.4 Å². The molecule has 3 rings (SSSR count). The standard InChI is InChI=1S/C23H28N2O5/c1-4-19(23(27)24-2)25(14-17-5-9-18(28-3)10-6-17)22(26)12-8-16-7-11-20-21(13-16)30-15-29-20/h5-7,9-11,13,19H,4,8,12,14-15H2,1-3H3,(H,24,27). The van der Waals surface area contributed by atoms with E-state index >= 15 is 0 Å². The minimum Gasteiger partial charge on any atom is -0.497 e. The maximum Gasteiger partial charge on any atom is 0.242 e. The van der Waals surface area contributed by atoms with Gasteiger partial charge in [-0.2, -0.15) is 0 Å². The second-order valence-corrected chi connectivity index (χ2v) is 7.10. The summed E-state index contributed by atoms with van der Waals surface area (Å²) in [5.74, 6) is 1.93. The highest BCUT2D eigenvalue weighted by molar-refractivity contribution is 5.87. The van der Waals surface area contributed by atoms with Crippen LogP contribution in [0.3, 0.4) is 0 Å². The third-order valence-corrected chi connectivity index (χ3v) is 5.21. The molecule has 2 aromatic carbocycles. The fourth-order valence-corrected chi connectivity index (χ4v) is 3.51. The summed E-state index contributed by atoms with van der Waals surface area (Å²) in [6, 6.07) is 12.7. The molecule has 1 N–H and O–H groups in total. The summed E-state index contributed by atoms with van der Waals surface area (Å²) in [5, 5.41) is 2.67. The van der Waals surface area contributed by atoms with Crippen LogP contribution in [0.25, 0.3) is 0 Å². The number of likely N-dealkylation sites (N-methyl/N-ethyl adjacent to an activating group) is 1. The number of nitrogens with zero attached hydrogens (tertiary/aromatic N) is 1. The van der Waals surface area contributed by atoms with E-state index in [1.165, 1.54) is 0 Å².